The summed E-state index contributed by atoms with van der Waals surface area (Å²) in [5.74, 6) is -1.08. The second kappa shape index (κ2) is 4.49. The highest BCUT2D eigenvalue weighted by atomic mass is 16.4. The summed E-state index contributed by atoms with van der Waals surface area (Å²) in [7, 11) is 0. The van der Waals surface area contributed by atoms with E-state index in [1.165, 1.54) is 19.9 Å². The summed E-state index contributed by atoms with van der Waals surface area (Å²) in [6.07, 6.45) is 1.51. The molecule has 0 radical (unpaired) electrons. The first-order valence-corrected chi connectivity index (χ1v) is 3.80. The van der Waals surface area contributed by atoms with Gasteiger partial charge in [-0.05, 0) is 13.8 Å². The quantitative estimate of drug-likeness (QED) is 0.554. The lowest BCUT2D eigenvalue weighted by Gasteiger charge is -2.20. The van der Waals surface area contributed by atoms with Crippen molar-refractivity contribution in [3.05, 3.63) is 12.7 Å². The minimum Gasteiger partial charge on any atom is -0.480 e. The summed E-state index contributed by atoms with van der Waals surface area (Å²) in [5.41, 5.74) is -1.26. The van der Waals surface area contributed by atoms with Crippen LogP contribution >= 0.6 is 0 Å². The number of hydrogen-bond donors (Lipinski definition) is 3. The maximum atomic E-state index is 11.0. The zero-order valence-electron chi connectivity index (χ0n) is 7.76. The summed E-state index contributed by atoms with van der Waals surface area (Å²) >= 11 is 0. The van der Waals surface area contributed by atoms with Gasteiger partial charge in [-0.1, -0.05) is 6.08 Å². The van der Waals surface area contributed by atoms with Crippen molar-refractivity contribution in [1.29, 1.82) is 0 Å². The first kappa shape index (κ1) is 11.5. The smallest absolute Gasteiger partial charge is 0.328 e. The van der Waals surface area contributed by atoms with Crippen LogP contribution in [0.5, 0.6) is 0 Å². The van der Waals surface area contributed by atoms with E-state index in [9.17, 15) is 9.59 Å². The van der Waals surface area contributed by atoms with Crippen molar-refractivity contribution < 1.29 is 14.7 Å². The van der Waals surface area contributed by atoms with Crippen LogP contribution in [0.3, 0.4) is 0 Å². The van der Waals surface area contributed by atoms with Crippen LogP contribution in [0, 0.1) is 0 Å². The van der Waals surface area contributed by atoms with Gasteiger partial charge in [0.05, 0.1) is 0 Å². The van der Waals surface area contributed by atoms with Gasteiger partial charge in [0.2, 0.25) is 0 Å². The van der Waals surface area contributed by atoms with Gasteiger partial charge in [-0.15, -0.1) is 6.58 Å². The Bertz CT molecular complexity index is 223. The van der Waals surface area contributed by atoms with Crippen LogP contribution in [-0.2, 0) is 4.79 Å². The third kappa shape index (κ3) is 4.15. The molecule has 0 aromatic rings. The van der Waals surface area contributed by atoms with Gasteiger partial charge in [-0.25, -0.2) is 9.59 Å². The molecule has 0 aromatic carbocycles. The average molecular weight is 186 g/mol. The fourth-order valence-corrected chi connectivity index (χ4v) is 0.546. The van der Waals surface area contributed by atoms with Crippen molar-refractivity contribution in [3.8, 4) is 0 Å². The lowest BCUT2D eigenvalue weighted by atomic mass is 10.1. The molecular formula is C8H14N2O3. The van der Waals surface area contributed by atoms with Gasteiger partial charge >= 0.3 is 12.0 Å². The Morgan fingerprint density at radius 3 is 2.46 bits per heavy atom. The molecule has 13 heavy (non-hydrogen) atoms. The first-order valence-electron chi connectivity index (χ1n) is 3.80. The van der Waals surface area contributed by atoms with Crippen LogP contribution in [0.25, 0.3) is 0 Å². The average Bonchev–Trinajstić information content (AvgIpc) is 1.99. The number of carbonyl (C=O) groups excluding carboxylic acids is 1. The molecule has 3 N–H and O–H groups in total. The molecule has 2 amide bonds. The van der Waals surface area contributed by atoms with Crippen LogP contribution in [-0.4, -0.2) is 29.2 Å². The molecule has 0 aliphatic heterocycles. The normalized spacial score (nSPS) is 10.3. The summed E-state index contributed by atoms with van der Waals surface area (Å²) in [6, 6.07) is -0.521. The van der Waals surface area contributed by atoms with Crippen LogP contribution < -0.4 is 10.6 Å². The van der Waals surface area contributed by atoms with Gasteiger partial charge in [0.15, 0.2) is 0 Å². The van der Waals surface area contributed by atoms with Crippen LogP contribution in [0.4, 0.5) is 4.79 Å². The molecule has 0 heterocycles. The molecule has 0 rings (SSSR count). The lowest BCUT2D eigenvalue weighted by molar-refractivity contribution is -0.142. The maximum Gasteiger partial charge on any atom is 0.328 e. The van der Waals surface area contributed by atoms with Gasteiger partial charge in [-0.3, -0.25) is 0 Å². The summed E-state index contributed by atoms with van der Waals surface area (Å²) in [4.78, 5) is 21.6. The van der Waals surface area contributed by atoms with E-state index in [-0.39, 0.29) is 0 Å². The summed E-state index contributed by atoms with van der Waals surface area (Å²) in [5, 5.41) is 13.4. The van der Waals surface area contributed by atoms with Crippen LogP contribution in [0.2, 0.25) is 0 Å². The Kier molecular flexibility index (Phi) is 3.97. The highest BCUT2D eigenvalue weighted by molar-refractivity contribution is 5.85. The maximum absolute atomic E-state index is 11.0. The number of hydrogen-bond acceptors (Lipinski definition) is 2. The predicted molar refractivity (Wildman–Crippen MR) is 48.4 cm³/mol. The van der Waals surface area contributed by atoms with E-state index in [1.807, 2.05) is 0 Å². The second-order valence-corrected chi connectivity index (χ2v) is 3.05. The molecule has 0 aliphatic carbocycles. The van der Waals surface area contributed by atoms with Crippen LogP contribution in [0.15, 0.2) is 12.7 Å². The number of carboxylic acid groups (broad SMARTS) is 1. The van der Waals surface area contributed by atoms with E-state index in [0.717, 1.165) is 0 Å². The van der Waals surface area contributed by atoms with Gasteiger partial charge in [-0.2, -0.15) is 0 Å². The van der Waals surface area contributed by atoms with E-state index in [4.69, 9.17) is 5.11 Å². The highest BCUT2D eigenvalue weighted by Gasteiger charge is 2.28. The fourth-order valence-electron chi connectivity index (χ4n) is 0.546. The molecule has 0 saturated heterocycles. The number of carboxylic acids is 1. The molecule has 0 spiro atoms. The fraction of sp³-hybridized carbons (Fsp3) is 0.500. The zero-order valence-corrected chi connectivity index (χ0v) is 7.76. The molecule has 0 saturated carbocycles. The summed E-state index contributed by atoms with van der Waals surface area (Å²) < 4.78 is 0. The lowest BCUT2D eigenvalue weighted by Crippen LogP contribution is -2.53. The third-order valence-corrected chi connectivity index (χ3v) is 1.37. The molecule has 0 unspecified atom stereocenters. The molecule has 5 nitrogen and oxygen atoms in total. The number of urea groups is 1. The van der Waals surface area contributed by atoms with Crippen LogP contribution in [0.1, 0.15) is 13.8 Å². The number of rotatable bonds is 4. The Balaban J connectivity index is 4.04. The Labute approximate surface area is 76.8 Å². The van der Waals surface area contributed by atoms with Crippen molar-refractivity contribution in [1.82, 2.24) is 10.6 Å². The molecule has 0 bridgehead atoms. The number of nitrogens with one attached hydrogen (secondary N) is 2. The van der Waals surface area contributed by atoms with Gasteiger partial charge in [0, 0.05) is 6.54 Å². The van der Waals surface area contributed by atoms with E-state index in [2.05, 4.69) is 17.2 Å². The molecule has 0 fully saturated rings. The van der Waals surface area contributed by atoms with Crippen molar-refractivity contribution in [3.63, 3.8) is 0 Å². The van der Waals surface area contributed by atoms with Crippen molar-refractivity contribution >= 4 is 12.0 Å². The van der Waals surface area contributed by atoms with E-state index < -0.39 is 17.5 Å². The highest BCUT2D eigenvalue weighted by Crippen LogP contribution is 2.00. The molecule has 0 atom stereocenters. The van der Waals surface area contributed by atoms with E-state index in [0.29, 0.717) is 6.54 Å². The van der Waals surface area contributed by atoms with Crippen molar-refractivity contribution in [2.45, 2.75) is 19.4 Å². The van der Waals surface area contributed by atoms with Crippen molar-refractivity contribution in [2.24, 2.45) is 0 Å². The Morgan fingerprint density at radius 2 is 2.08 bits per heavy atom. The number of amides is 2. The molecule has 0 aliphatic rings. The largest absolute Gasteiger partial charge is 0.480 e. The molecule has 74 valence electrons. The standard InChI is InChI=1S/C8H14N2O3/c1-4-5-9-7(13)10-8(2,3)6(11)12/h4H,1,5H2,2-3H3,(H,11,12)(H2,9,10,13). The third-order valence-electron chi connectivity index (χ3n) is 1.37. The topological polar surface area (TPSA) is 78.4 Å². The van der Waals surface area contributed by atoms with Gasteiger partial charge in [0.1, 0.15) is 5.54 Å². The summed E-state index contributed by atoms with van der Waals surface area (Å²) in [6.45, 7) is 6.52. The zero-order chi connectivity index (χ0) is 10.5. The first-order chi connectivity index (χ1) is 5.90. The van der Waals surface area contributed by atoms with Gasteiger partial charge in [0.25, 0.3) is 0 Å². The Hall–Kier alpha value is -1.52. The van der Waals surface area contributed by atoms with Gasteiger partial charge < -0.3 is 15.7 Å². The van der Waals surface area contributed by atoms with E-state index >= 15 is 0 Å². The minimum absolute atomic E-state index is 0.307. The molecule has 0 aromatic heterocycles. The number of aliphatic carboxylic acids is 1. The predicted octanol–water partition coefficient (Wildman–Crippen LogP) is 0.335. The van der Waals surface area contributed by atoms with E-state index in [1.54, 1.807) is 0 Å². The SMILES string of the molecule is C=CCNC(=O)NC(C)(C)C(=O)O. The Morgan fingerprint density at radius 1 is 1.54 bits per heavy atom. The second-order valence-electron chi connectivity index (χ2n) is 3.05. The molecular weight excluding hydrogens is 172 g/mol. The molecule has 5 heteroatoms. The number of carbonyl (C=O) groups is 2. The monoisotopic (exact) mass is 186 g/mol. The van der Waals surface area contributed by atoms with Crippen molar-refractivity contribution in [2.75, 3.05) is 6.54 Å². The minimum atomic E-state index is -1.26.